The number of aromatic nitrogens is 3. The zero-order chi connectivity index (χ0) is 36.5. The van der Waals surface area contributed by atoms with Gasteiger partial charge in [-0.3, -0.25) is 0 Å². The topological polar surface area (TPSA) is 62.5 Å². The summed E-state index contributed by atoms with van der Waals surface area (Å²) in [7, 11) is 0. The van der Waals surface area contributed by atoms with Gasteiger partial charge in [0.15, 0.2) is 17.5 Å². The molecule has 8 aromatic rings. The molecule has 2 aromatic heterocycles. The second kappa shape index (κ2) is 12.8. The average molecular weight is 727 g/mol. The van der Waals surface area contributed by atoms with Gasteiger partial charge in [-0.1, -0.05) is 115 Å². The van der Waals surface area contributed by atoms with E-state index in [0.717, 1.165) is 56.5 Å². The lowest BCUT2D eigenvalue weighted by atomic mass is 9.48. The molecule has 55 heavy (non-hydrogen) atoms. The molecule has 0 amide bonds. The molecule has 0 atom stereocenters. The molecule has 4 fully saturated rings. The van der Waals surface area contributed by atoms with Crippen LogP contribution in [0.25, 0.3) is 76.6 Å². The first-order valence-corrected chi connectivity index (χ1v) is 20.4. The summed E-state index contributed by atoms with van der Waals surface area (Å²) in [5, 5.41) is 11.8. The summed E-state index contributed by atoms with van der Waals surface area (Å²) < 4.78 is 2.41. The maximum Gasteiger partial charge on any atom is 0.164 e. The molecular weight excluding hydrogens is 689 g/mol. The van der Waals surface area contributed by atoms with Gasteiger partial charge in [0.1, 0.15) is 0 Å². The molecule has 4 aliphatic rings. The van der Waals surface area contributed by atoms with Crippen LogP contribution in [0.5, 0.6) is 0 Å². The van der Waals surface area contributed by atoms with Gasteiger partial charge in [0, 0.05) is 36.9 Å². The van der Waals surface area contributed by atoms with Crippen LogP contribution in [-0.4, -0.2) is 15.0 Å². The van der Waals surface area contributed by atoms with Gasteiger partial charge in [-0.15, -0.1) is 11.3 Å². The van der Waals surface area contributed by atoms with Crippen LogP contribution < -0.4 is 0 Å². The minimum absolute atomic E-state index is 0.349. The fourth-order valence-electron chi connectivity index (χ4n) is 10.6. The van der Waals surface area contributed by atoms with Crippen LogP contribution >= 0.6 is 11.3 Å². The summed E-state index contributed by atoms with van der Waals surface area (Å²) in [6.45, 7) is 0. The van der Waals surface area contributed by atoms with E-state index in [2.05, 4.69) is 127 Å². The van der Waals surface area contributed by atoms with Gasteiger partial charge < -0.3 is 0 Å². The number of rotatable bonds is 6. The van der Waals surface area contributed by atoms with Crippen molar-refractivity contribution in [2.75, 3.05) is 0 Å². The fourth-order valence-corrected chi connectivity index (χ4v) is 11.8. The molecule has 4 nitrogen and oxygen atoms in total. The van der Waals surface area contributed by atoms with E-state index >= 15 is 0 Å². The maximum absolute atomic E-state index is 9.52. The number of hydrogen-bond acceptors (Lipinski definition) is 5. The first-order valence-electron chi connectivity index (χ1n) is 19.6. The highest BCUT2D eigenvalue weighted by molar-refractivity contribution is 7.26. The second-order valence-corrected chi connectivity index (χ2v) is 17.3. The Morgan fingerprint density at radius 1 is 0.509 bits per heavy atom. The number of thiophene rings is 1. The highest BCUT2D eigenvalue weighted by Gasteiger charge is 2.51. The molecule has 4 aliphatic carbocycles. The molecule has 2 heterocycles. The van der Waals surface area contributed by atoms with Crippen LogP contribution in [0.1, 0.15) is 49.7 Å². The van der Waals surface area contributed by atoms with Crippen molar-refractivity contribution in [2.24, 2.45) is 17.8 Å². The van der Waals surface area contributed by atoms with Crippen LogP contribution in [0.3, 0.4) is 0 Å². The van der Waals surface area contributed by atoms with Crippen molar-refractivity contribution in [3.8, 4) is 62.5 Å². The van der Waals surface area contributed by atoms with Crippen molar-refractivity contribution in [2.45, 2.75) is 43.9 Å². The number of nitrogens with zero attached hydrogens (tertiary/aromatic N) is 4. The minimum Gasteiger partial charge on any atom is -0.208 e. The van der Waals surface area contributed by atoms with E-state index in [-0.39, 0.29) is 0 Å². The highest BCUT2D eigenvalue weighted by Crippen LogP contribution is 2.60. The predicted octanol–water partition coefficient (Wildman–Crippen LogP) is 12.9. The zero-order valence-electron chi connectivity index (χ0n) is 30.5. The largest absolute Gasteiger partial charge is 0.208 e. The molecule has 6 aromatic carbocycles. The first kappa shape index (κ1) is 32.5. The third kappa shape index (κ3) is 5.67. The van der Waals surface area contributed by atoms with E-state index in [0.29, 0.717) is 28.5 Å². The number of hydrogen-bond donors (Lipinski definition) is 0. The molecule has 0 N–H and O–H groups in total. The molecule has 0 aliphatic heterocycles. The summed E-state index contributed by atoms with van der Waals surface area (Å²) >= 11 is 1.78. The summed E-state index contributed by atoms with van der Waals surface area (Å²) in [6.07, 6.45) is 8.41. The van der Waals surface area contributed by atoms with Gasteiger partial charge in [-0.05, 0) is 114 Å². The SMILES string of the molecule is N#Cc1ccc2sc3c(-c4ccc(-c5nc(-c6ccc(C78CC9CC(CC(C9)C7)C8)cc6)nc(-c6cccc(-c7ccccc7)c6)n5)cc4)cccc3c2c1. The normalized spacial score (nSPS) is 21.3. The Morgan fingerprint density at radius 2 is 1.09 bits per heavy atom. The molecule has 0 unspecified atom stereocenters. The van der Waals surface area contributed by atoms with Crippen molar-refractivity contribution in [3.63, 3.8) is 0 Å². The predicted molar refractivity (Wildman–Crippen MR) is 224 cm³/mol. The van der Waals surface area contributed by atoms with Gasteiger partial charge in [0.2, 0.25) is 0 Å². The Morgan fingerprint density at radius 3 is 1.76 bits per heavy atom. The van der Waals surface area contributed by atoms with Crippen molar-refractivity contribution in [1.29, 1.82) is 5.26 Å². The van der Waals surface area contributed by atoms with E-state index in [4.69, 9.17) is 15.0 Å². The fraction of sp³-hybridized carbons (Fsp3) is 0.200. The van der Waals surface area contributed by atoms with Gasteiger partial charge in [-0.25, -0.2) is 15.0 Å². The van der Waals surface area contributed by atoms with Crippen molar-refractivity contribution >= 4 is 31.5 Å². The van der Waals surface area contributed by atoms with Gasteiger partial charge >= 0.3 is 0 Å². The molecule has 0 saturated heterocycles. The second-order valence-electron chi connectivity index (χ2n) is 16.2. The molecule has 0 radical (unpaired) electrons. The van der Waals surface area contributed by atoms with E-state index < -0.39 is 0 Å². The van der Waals surface area contributed by atoms with Gasteiger partial charge in [0.25, 0.3) is 0 Å². The van der Waals surface area contributed by atoms with Crippen molar-refractivity contribution in [3.05, 3.63) is 151 Å². The van der Waals surface area contributed by atoms with E-state index in [1.165, 1.54) is 64.4 Å². The Bertz CT molecular complexity index is 2760. The standard InChI is InChI=1S/C50H38N4S/c51-30-31-12-21-45-44(25-31)43-11-5-10-42(46(43)55-45)36-13-15-37(16-14-36)47-52-48(54-49(53-47)40-9-4-8-39(26-40)35-6-2-1-3-7-35)38-17-19-41(20-18-38)50-27-32-22-33(28-50)24-34(23-32)29-50/h1-21,25-26,32-34H,22-24,27-29H2. The van der Waals surface area contributed by atoms with Crippen LogP contribution in [0, 0.1) is 29.1 Å². The molecule has 264 valence electrons. The van der Waals surface area contributed by atoms with Gasteiger partial charge in [-0.2, -0.15) is 5.26 Å². The van der Waals surface area contributed by atoms with Crippen LogP contribution in [0.2, 0.25) is 0 Å². The third-order valence-electron chi connectivity index (χ3n) is 12.7. The minimum atomic E-state index is 0.349. The molecule has 5 heteroatoms. The Kier molecular flexibility index (Phi) is 7.57. The maximum atomic E-state index is 9.52. The summed E-state index contributed by atoms with van der Waals surface area (Å²) in [5.74, 6) is 4.75. The quantitative estimate of drug-likeness (QED) is 0.171. The smallest absolute Gasteiger partial charge is 0.164 e. The van der Waals surface area contributed by atoms with Crippen LogP contribution in [0.15, 0.2) is 140 Å². The van der Waals surface area contributed by atoms with E-state index in [1.807, 2.05) is 18.2 Å². The lowest BCUT2D eigenvalue weighted by Crippen LogP contribution is -2.48. The molecule has 0 spiro atoms. The average Bonchev–Trinajstić information content (AvgIpc) is 3.62. The number of benzene rings is 6. The summed E-state index contributed by atoms with van der Waals surface area (Å²) in [6, 6.07) is 51.6. The molecule has 4 saturated carbocycles. The Hall–Kier alpha value is -5.96. The third-order valence-corrected chi connectivity index (χ3v) is 14.0. The van der Waals surface area contributed by atoms with Crippen LogP contribution in [0.4, 0.5) is 0 Å². The molecular formula is C50H38N4S. The Balaban J connectivity index is 0.986. The highest BCUT2D eigenvalue weighted by atomic mass is 32.1. The van der Waals surface area contributed by atoms with Gasteiger partial charge in [0.05, 0.1) is 11.6 Å². The summed E-state index contributed by atoms with van der Waals surface area (Å²) in [5.41, 5.74) is 10.1. The first-order chi connectivity index (χ1) is 27.1. The summed E-state index contributed by atoms with van der Waals surface area (Å²) in [4.78, 5) is 15.4. The van der Waals surface area contributed by atoms with Crippen molar-refractivity contribution in [1.82, 2.24) is 15.0 Å². The lowest BCUT2D eigenvalue weighted by Gasteiger charge is -2.57. The molecule has 12 rings (SSSR count). The van der Waals surface area contributed by atoms with E-state index in [9.17, 15) is 5.26 Å². The Labute approximate surface area is 325 Å². The van der Waals surface area contributed by atoms with E-state index in [1.54, 1.807) is 11.3 Å². The zero-order valence-corrected chi connectivity index (χ0v) is 31.3. The number of fused-ring (bicyclic) bond motifs is 3. The lowest BCUT2D eigenvalue weighted by molar-refractivity contribution is -0.00518. The monoisotopic (exact) mass is 726 g/mol. The van der Waals surface area contributed by atoms with Crippen LogP contribution in [-0.2, 0) is 5.41 Å². The molecule has 4 bridgehead atoms. The van der Waals surface area contributed by atoms with Crippen molar-refractivity contribution < 1.29 is 0 Å². The number of nitriles is 1.